The molecule has 2 amide bonds. The van der Waals surface area contributed by atoms with Crippen molar-refractivity contribution >= 4 is 17.5 Å². The summed E-state index contributed by atoms with van der Waals surface area (Å²) in [4.78, 5) is 28.6. The van der Waals surface area contributed by atoms with Gasteiger partial charge in [0.2, 0.25) is 0 Å². The summed E-state index contributed by atoms with van der Waals surface area (Å²) < 4.78 is 12.9. The Balaban J connectivity index is 1.63. The molecule has 0 aromatic heterocycles. The standard InChI is InChI=1S/C19H20FN3O2/c1-22-10-12-23(13-11-22)19(25)15-4-8-17(9-5-15)21-18(24)14-2-6-16(20)7-3-14/h2-9H,10-13H2,1H3,(H,21,24). The maximum absolute atomic E-state index is 12.9. The highest BCUT2D eigenvalue weighted by Gasteiger charge is 2.20. The molecule has 25 heavy (non-hydrogen) atoms. The number of nitrogens with one attached hydrogen (secondary N) is 1. The Hall–Kier alpha value is -2.73. The van der Waals surface area contributed by atoms with Gasteiger partial charge in [0.05, 0.1) is 0 Å². The quantitative estimate of drug-likeness (QED) is 0.933. The largest absolute Gasteiger partial charge is 0.336 e. The van der Waals surface area contributed by atoms with E-state index in [1.54, 1.807) is 24.3 Å². The van der Waals surface area contributed by atoms with Crippen LogP contribution in [0.4, 0.5) is 10.1 Å². The van der Waals surface area contributed by atoms with Crippen molar-refractivity contribution in [2.75, 3.05) is 38.5 Å². The van der Waals surface area contributed by atoms with Gasteiger partial charge < -0.3 is 15.1 Å². The molecule has 0 atom stereocenters. The predicted molar refractivity (Wildman–Crippen MR) is 94.2 cm³/mol. The van der Waals surface area contributed by atoms with Crippen molar-refractivity contribution in [1.82, 2.24) is 9.80 Å². The average Bonchev–Trinajstić information content (AvgIpc) is 2.63. The van der Waals surface area contributed by atoms with Crippen molar-refractivity contribution in [1.29, 1.82) is 0 Å². The number of anilines is 1. The van der Waals surface area contributed by atoms with E-state index in [9.17, 15) is 14.0 Å². The highest BCUT2D eigenvalue weighted by atomic mass is 19.1. The molecule has 0 radical (unpaired) electrons. The molecule has 1 fully saturated rings. The van der Waals surface area contributed by atoms with Crippen LogP contribution in [-0.2, 0) is 0 Å². The minimum Gasteiger partial charge on any atom is -0.336 e. The van der Waals surface area contributed by atoms with Gasteiger partial charge in [-0.25, -0.2) is 4.39 Å². The number of hydrogen-bond donors (Lipinski definition) is 1. The summed E-state index contributed by atoms with van der Waals surface area (Å²) in [5.41, 5.74) is 1.56. The van der Waals surface area contributed by atoms with Crippen molar-refractivity contribution in [2.24, 2.45) is 0 Å². The molecule has 2 aromatic carbocycles. The number of carbonyl (C=O) groups is 2. The number of amides is 2. The van der Waals surface area contributed by atoms with Gasteiger partial charge in [-0.3, -0.25) is 9.59 Å². The Kier molecular flexibility index (Phi) is 5.09. The second-order valence-electron chi connectivity index (χ2n) is 6.13. The lowest BCUT2D eigenvalue weighted by atomic mass is 10.1. The summed E-state index contributed by atoms with van der Waals surface area (Å²) in [6.45, 7) is 3.19. The molecule has 2 aromatic rings. The van der Waals surface area contributed by atoms with Gasteiger partial charge in [-0.2, -0.15) is 0 Å². The van der Waals surface area contributed by atoms with E-state index in [1.807, 2.05) is 11.9 Å². The van der Waals surface area contributed by atoms with Gasteiger partial charge in [-0.15, -0.1) is 0 Å². The Bertz CT molecular complexity index is 751. The van der Waals surface area contributed by atoms with Crippen molar-refractivity contribution in [3.8, 4) is 0 Å². The highest BCUT2D eigenvalue weighted by molar-refractivity contribution is 6.04. The molecule has 1 saturated heterocycles. The molecule has 0 aliphatic carbocycles. The van der Waals surface area contributed by atoms with Crippen molar-refractivity contribution in [3.05, 3.63) is 65.5 Å². The third kappa shape index (κ3) is 4.22. The normalized spacial score (nSPS) is 15.0. The SMILES string of the molecule is CN1CCN(C(=O)c2ccc(NC(=O)c3ccc(F)cc3)cc2)CC1. The second-order valence-corrected chi connectivity index (χ2v) is 6.13. The smallest absolute Gasteiger partial charge is 0.255 e. The lowest BCUT2D eigenvalue weighted by molar-refractivity contribution is 0.0664. The van der Waals surface area contributed by atoms with Gasteiger partial charge in [-0.05, 0) is 55.6 Å². The number of benzene rings is 2. The van der Waals surface area contributed by atoms with Gasteiger partial charge in [0, 0.05) is 43.0 Å². The van der Waals surface area contributed by atoms with Crippen LogP contribution in [0.25, 0.3) is 0 Å². The summed E-state index contributed by atoms with van der Waals surface area (Å²) in [6, 6.07) is 12.2. The van der Waals surface area contributed by atoms with Crippen molar-refractivity contribution in [3.63, 3.8) is 0 Å². The first-order valence-corrected chi connectivity index (χ1v) is 8.18. The van der Waals surface area contributed by atoms with Crippen LogP contribution in [0.5, 0.6) is 0 Å². The zero-order valence-corrected chi connectivity index (χ0v) is 14.0. The molecule has 1 heterocycles. The molecule has 1 aliphatic heterocycles. The number of nitrogens with zero attached hydrogens (tertiary/aromatic N) is 2. The molecular formula is C19H20FN3O2. The summed E-state index contributed by atoms with van der Waals surface area (Å²) in [7, 11) is 2.04. The predicted octanol–water partition coefficient (Wildman–Crippen LogP) is 2.47. The Morgan fingerprint density at radius 2 is 1.44 bits per heavy atom. The first-order chi connectivity index (χ1) is 12.0. The van der Waals surface area contributed by atoms with Crippen LogP contribution in [0, 0.1) is 5.82 Å². The van der Waals surface area contributed by atoms with E-state index >= 15 is 0 Å². The molecule has 3 rings (SSSR count). The van der Waals surface area contributed by atoms with Crippen LogP contribution < -0.4 is 5.32 Å². The molecule has 1 N–H and O–H groups in total. The Morgan fingerprint density at radius 3 is 2.04 bits per heavy atom. The minimum atomic E-state index is -0.386. The van der Waals surface area contributed by atoms with E-state index in [4.69, 9.17) is 0 Å². The van der Waals surface area contributed by atoms with Gasteiger partial charge in [0.15, 0.2) is 0 Å². The van der Waals surface area contributed by atoms with Gasteiger partial charge in [0.1, 0.15) is 5.82 Å². The number of rotatable bonds is 3. The summed E-state index contributed by atoms with van der Waals surface area (Å²) in [6.07, 6.45) is 0. The molecule has 5 nitrogen and oxygen atoms in total. The van der Waals surface area contributed by atoms with Gasteiger partial charge >= 0.3 is 0 Å². The lowest BCUT2D eigenvalue weighted by Crippen LogP contribution is -2.47. The molecule has 1 aliphatic rings. The fourth-order valence-corrected chi connectivity index (χ4v) is 2.69. The Labute approximate surface area is 146 Å². The summed E-state index contributed by atoms with van der Waals surface area (Å²) >= 11 is 0. The number of halogens is 1. The van der Waals surface area contributed by atoms with Crippen molar-refractivity contribution in [2.45, 2.75) is 0 Å². The monoisotopic (exact) mass is 341 g/mol. The van der Waals surface area contributed by atoms with Gasteiger partial charge in [-0.1, -0.05) is 0 Å². The molecule has 0 saturated carbocycles. The zero-order chi connectivity index (χ0) is 17.8. The summed E-state index contributed by atoms with van der Waals surface area (Å²) in [5.74, 6) is -0.703. The summed E-state index contributed by atoms with van der Waals surface area (Å²) in [5, 5.41) is 2.74. The first kappa shape index (κ1) is 17.1. The Morgan fingerprint density at radius 1 is 0.880 bits per heavy atom. The van der Waals surface area contributed by atoms with E-state index in [0.29, 0.717) is 16.8 Å². The van der Waals surface area contributed by atoms with Crippen LogP contribution >= 0.6 is 0 Å². The van der Waals surface area contributed by atoms with E-state index in [-0.39, 0.29) is 17.6 Å². The van der Waals surface area contributed by atoms with E-state index in [2.05, 4.69) is 10.2 Å². The molecule has 6 heteroatoms. The maximum Gasteiger partial charge on any atom is 0.255 e. The first-order valence-electron chi connectivity index (χ1n) is 8.18. The maximum atomic E-state index is 12.9. The van der Waals surface area contributed by atoms with Crippen molar-refractivity contribution < 1.29 is 14.0 Å². The lowest BCUT2D eigenvalue weighted by Gasteiger charge is -2.32. The fraction of sp³-hybridized carbons (Fsp3) is 0.263. The number of hydrogen-bond acceptors (Lipinski definition) is 3. The molecule has 0 bridgehead atoms. The van der Waals surface area contributed by atoms with Gasteiger partial charge in [0.25, 0.3) is 11.8 Å². The third-order valence-corrected chi connectivity index (χ3v) is 4.29. The second kappa shape index (κ2) is 7.44. The molecule has 130 valence electrons. The van der Waals surface area contributed by atoms with E-state index in [1.165, 1.54) is 24.3 Å². The van der Waals surface area contributed by atoms with Crippen LogP contribution in [0.3, 0.4) is 0 Å². The molecule has 0 unspecified atom stereocenters. The van der Waals surface area contributed by atoms with Crippen LogP contribution in [0.2, 0.25) is 0 Å². The van der Waals surface area contributed by atoms with Crippen LogP contribution in [0.15, 0.2) is 48.5 Å². The van der Waals surface area contributed by atoms with E-state index < -0.39 is 0 Å². The number of carbonyl (C=O) groups excluding carboxylic acids is 2. The van der Waals surface area contributed by atoms with E-state index in [0.717, 1.165) is 26.2 Å². The minimum absolute atomic E-state index is 0.00418. The molecule has 0 spiro atoms. The zero-order valence-electron chi connectivity index (χ0n) is 14.0. The fourth-order valence-electron chi connectivity index (χ4n) is 2.69. The third-order valence-electron chi connectivity index (χ3n) is 4.29. The van der Waals surface area contributed by atoms with Crippen LogP contribution in [0.1, 0.15) is 20.7 Å². The number of likely N-dealkylation sites (N-methyl/N-ethyl adjacent to an activating group) is 1. The highest BCUT2D eigenvalue weighted by Crippen LogP contribution is 2.14. The molecular weight excluding hydrogens is 321 g/mol. The topological polar surface area (TPSA) is 52.6 Å². The number of piperazine rings is 1. The average molecular weight is 341 g/mol. The van der Waals surface area contributed by atoms with Crippen LogP contribution in [-0.4, -0.2) is 54.8 Å².